The molecule has 1 aromatic rings. The number of pyridine rings is 1. The third-order valence-electron chi connectivity index (χ3n) is 4.26. The zero-order valence-corrected chi connectivity index (χ0v) is 16.0. The van der Waals surface area contributed by atoms with E-state index in [1.807, 2.05) is 37.9 Å². The molecule has 1 amide bonds. The van der Waals surface area contributed by atoms with Gasteiger partial charge in [0.15, 0.2) is 0 Å². The molecule has 1 fully saturated rings. The van der Waals surface area contributed by atoms with E-state index >= 15 is 0 Å². The van der Waals surface area contributed by atoms with Crippen LogP contribution in [0.2, 0.25) is 0 Å². The lowest BCUT2D eigenvalue weighted by Crippen LogP contribution is -2.50. The molecule has 0 bridgehead atoms. The van der Waals surface area contributed by atoms with E-state index in [-0.39, 0.29) is 6.09 Å². The van der Waals surface area contributed by atoms with Gasteiger partial charge in [0.05, 0.1) is 5.69 Å². The number of nitrogens with zero attached hydrogens (tertiary/aromatic N) is 3. The molecule has 1 saturated heterocycles. The fourth-order valence-corrected chi connectivity index (χ4v) is 2.82. The van der Waals surface area contributed by atoms with Gasteiger partial charge in [-0.05, 0) is 58.8 Å². The first kappa shape index (κ1) is 19.7. The lowest BCUT2D eigenvalue weighted by atomic mass is 10.2. The van der Waals surface area contributed by atoms with Crippen LogP contribution in [0.3, 0.4) is 0 Å². The molecule has 6 heteroatoms. The van der Waals surface area contributed by atoms with Crippen molar-refractivity contribution in [2.75, 3.05) is 39.3 Å². The molecule has 0 aliphatic carbocycles. The van der Waals surface area contributed by atoms with E-state index in [1.54, 1.807) is 0 Å². The Labute approximate surface area is 151 Å². The third kappa shape index (κ3) is 7.00. The minimum absolute atomic E-state index is 0.195. The second kappa shape index (κ2) is 9.15. The summed E-state index contributed by atoms with van der Waals surface area (Å²) in [5.41, 5.74) is 1.92. The molecule has 1 aliphatic heterocycles. The van der Waals surface area contributed by atoms with Crippen molar-refractivity contribution in [1.29, 1.82) is 0 Å². The number of carbonyl (C=O) groups excluding carboxylic acids is 1. The number of amides is 1. The van der Waals surface area contributed by atoms with Gasteiger partial charge in [0.2, 0.25) is 0 Å². The Balaban J connectivity index is 1.58. The molecule has 2 heterocycles. The second-order valence-corrected chi connectivity index (χ2v) is 7.61. The minimum Gasteiger partial charge on any atom is -0.444 e. The fraction of sp³-hybridized carbons (Fsp3) is 0.684. The van der Waals surface area contributed by atoms with E-state index in [0.29, 0.717) is 0 Å². The summed E-state index contributed by atoms with van der Waals surface area (Å²) in [5, 5.41) is 3.46. The average molecular weight is 348 g/mol. The van der Waals surface area contributed by atoms with Crippen LogP contribution >= 0.6 is 0 Å². The lowest BCUT2D eigenvalue weighted by Gasteiger charge is -2.35. The van der Waals surface area contributed by atoms with Gasteiger partial charge in [0.1, 0.15) is 5.60 Å². The number of aromatic nitrogens is 1. The highest BCUT2D eigenvalue weighted by Gasteiger charge is 2.25. The van der Waals surface area contributed by atoms with Crippen molar-refractivity contribution in [3.8, 4) is 0 Å². The first-order valence-corrected chi connectivity index (χ1v) is 9.16. The van der Waals surface area contributed by atoms with Crippen LogP contribution in [0.25, 0.3) is 0 Å². The molecule has 0 atom stereocenters. The Morgan fingerprint density at radius 3 is 2.64 bits per heavy atom. The van der Waals surface area contributed by atoms with Crippen LogP contribution in [-0.4, -0.2) is 65.7 Å². The molecule has 140 valence electrons. The molecule has 0 aromatic carbocycles. The van der Waals surface area contributed by atoms with E-state index in [0.717, 1.165) is 57.9 Å². The number of hydrogen-bond donors (Lipinski definition) is 1. The van der Waals surface area contributed by atoms with Gasteiger partial charge in [-0.2, -0.15) is 0 Å². The van der Waals surface area contributed by atoms with E-state index < -0.39 is 5.60 Å². The molecule has 0 saturated carbocycles. The van der Waals surface area contributed by atoms with Gasteiger partial charge < -0.3 is 15.0 Å². The lowest BCUT2D eigenvalue weighted by molar-refractivity contribution is 0.0144. The Bertz CT molecular complexity index is 549. The molecule has 0 spiro atoms. The Morgan fingerprint density at radius 2 is 2.00 bits per heavy atom. The molecular formula is C19H32N4O2. The van der Waals surface area contributed by atoms with Gasteiger partial charge in [-0.1, -0.05) is 6.07 Å². The summed E-state index contributed by atoms with van der Waals surface area (Å²) in [6.45, 7) is 14.0. The smallest absolute Gasteiger partial charge is 0.410 e. The average Bonchev–Trinajstić information content (AvgIpc) is 2.55. The van der Waals surface area contributed by atoms with Gasteiger partial charge in [0, 0.05) is 38.9 Å². The summed E-state index contributed by atoms with van der Waals surface area (Å²) >= 11 is 0. The highest BCUT2D eigenvalue weighted by molar-refractivity contribution is 5.68. The van der Waals surface area contributed by atoms with Crippen LogP contribution in [0.5, 0.6) is 0 Å². The van der Waals surface area contributed by atoms with Crippen molar-refractivity contribution in [3.05, 3.63) is 29.6 Å². The predicted molar refractivity (Wildman–Crippen MR) is 99.5 cm³/mol. The molecule has 0 radical (unpaired) electrons. The Kier molecular flexibility index (Phi) is 7.20. The van der Waals surface area contributed by atoms with Crippen LogP contribution in [0.4, 0.5) is 4.79 Å². The number of nitrogens with one attached hydrogen (secondary N) is 1. The molecule has 1 aromatic heterocycles. The van der Waals surface area contributed by atoms with Crippen molar-refractivity contribution in [3.63, 3.8) is 0 Å². The first-order valence-electron chi connectivity index (χ1n) is 9.16. The summed E-state index contributed by atoms with van der Waals surface area (Å²) in [5.74, 6) is 0. The second-order valence-electron chi connectivity index (χ2n) is 7.61. The minimum atomic E-state index is -0.425. The zero-order chi connectivity index (χ0) is 18.3. The fourth-order valence-electron chi connectivity index (χ4n) is 2.82. The van der Waals surface area contributed by atoms with E-state index in [1.165, 1.54) is 5.56 Å². The van der Waals surface area contributed by atoms with Crippen LogP contribution in [0.1, 0.15) is 38.4 Å². The molecule has 6 nitrogen and oxygen atoms in total. The summed E-state index contributed by atoms with van der Waals surface area (Å²) in [6, 6.07) is 4.06. The standard InChI is InChI=1S/C19H32N4O2/c1-16-7-5-9-21-17(16)15-20-8-6-10-22-11-13-23(14-12-22)18(24)25-19(2,3)4/h5,7,9,20H,6,8,10-15H2,1-4H3. The van der Waals surface area contributed by atoms with Crippen molar-refractivity contribution < 1.29 is 9.53 Å². The number of piperazine rings is 1. The van der Waals surface area contributed by atoms with Gasteiger partial charge in [0.25, 0.3) is 0 Å². The summed E-state index contributed by atoms with van der Waals surface area (Å²) in [7, 11) is 0. The molecular weight excluding hydrogens is 316 g/mol. The number of carbonyl (C=O) groups is 1. The maximum absolute atomic E-state index is 12.1. The van der Waals surface area contributed by atoms with Gasteiger partial charge in [-0.3, -0.25) is 9.88 Å². The topological polar surface area (TPSA) is 57.7 Å². The number of hydrogen-bond acceptors (Lipinski definition) is 5. The predicted octanol–water partition coefficient (Wildman–Crippen LogP) is 2.42. The molecule has 0 unspecified atom stereocenters. The van der Waals surface area contributed by atoms with Crippen molar-refractivity contribution in [2.24, 2.45) is 0 Å². The monoisotopic (exact) mass is 348 g/mol. The van der Waals surface area contributed by atoms with Gasteiger partial charge in [-0.25, -0.2) is 4.79 Å². The van der Waals surface area contributed by atoms with E-state index in [4.69, 9.17) is 4.74 Å². The van der Waals surface area contributed by atoms with Gasteiger partial charge in [-0.15, -0.1) is 0 Å². The highest BCUT2D eigenvalue weighted by atomic mass is 16.6. The van der Waals surface area contributed by atoms with Crippen molar-refractivity contribution in [1.82, 2.24) is 20.1 Å². The quantitative estimate of drug-likeness (QED) is 0.800. The molecule has 2 rings (SSSR count). The third-order valence-corrected chi connectivity index (χ3v) is 4.26. The van der Waals surface area contributed by atoms with Crippen LogP contribution < -0.4 is 5.32 Å². The number of aryl methyl sites for hydroxylation is 1. The maximum atomic E-state index is 12.1. The largest absolute Gasteiger partial charge is 0.444 e. The van der Waals surface area contributed by atoms with Crippen molar-refractivity contribution >= 4 is 6.09 Å². The SMILES string of the molecule is Cc1cccnc1CNCCCN1CCN(C(=O)OC(C)(C)C)CC1. The normalized spacial score (nSPS) is 16.1. The molecule has 1 aliphatic rings. The Morgan fingerprint density at radius 1 is 1.28 bits per heavy atom. The summed E-state index contributed by atoms with van der Waals surface area (Å²) < 4.78 is 5.43. The first-order chi connectivity index (χ1) is 11.8. The van der Waals surface area contributed by atoms with E-state index in [9.17, 15) is 4.79 Å². The highest BCUT2D eigenvalue weighted by Crippen LogP contribution is 2.12. The summed E-state index contributed by atoms with van der Waals surface area (Å²) in [6.07, 6.45) is 2.74. The number of ether oxygens (including phenoxy) is 1. The van der Waals surface area contributed by atoms with E-state index in [2.05, 4.69) is 28.2 Å². The maximum Gasteiger partial charge on any atom is 0.410 e. The van der Waals surface area contributed by atoms with Crippen LogP contribution in [-0.2, 0) is 11.3 Å². The molecule has 1 N–H and O–H groups in total. The number of rotatable bonds is 6. The van der Waals surface area contributed by atoms with Crippen LogP contribution in [0, 0.1) is 6.92 Å². The molecule has 25 heavy (non-hydrogen) atoms. The summed E-state index contributed by atoms with van der Waals surface area (Å²) in [4.78, 5) is 20.7. The van der Waals surface area contributed by atoms with Gasteiger partial charge >= 0.3 is 6.09 Å². The van der Waals surface area contributed by atoms with Crippen LogP contribution in [0.15, 0.2) is 18.3 Å². The Hall–Kier alpha value is -1.66. The van der Waals surface area contributed by atoms with Crippen molar-refractivity contribution in [2.45, 2.75) is 46.3 Å². The zero-order valence-electron chi connectivity index (χ0n) is 16.0.